The summed E-state index contributed by atoms with van der Waals surface area (Å²) in [5.41, 5.74) is 1.90. The van der Waals surface area contributed by atoms with Crippen LogP contribution in [-0.4, -0.2) is 19.3 Å². The highest BCUT2D eigenvalue weighted by Gasteiger charge is 2.10. The lowest BCUT2D eigenvalue weighted by molar-refractivity contribution is 0.237. The third-order valence-electron chi connectivity index (χ3n) is 3.28. The number of hydrogen-bond acceptors (Lipinski definition) is 3. The third kappa shape index (κ3) is 4.34. The Morgan fingerprint density at radius 1 is 0.958 bits per heavy atom. The Kier molecular flexibility index (Phi) is 5.93. The number of aliphatic hydroxyl groups is 1. The van der Waals surface area contributed by atoms with Crippen molar-refractivity contribution in [3.05, 3.63) is 59.2 Å². The number of ether oxygens (including phenoxy) is 2. The van der Waals surface area contributed by atoms with Gasteiger partial charge in [0.1, 0.15) is 17.6 Å². The summed E-state index contributed by atoms with van der Waals surface area (Å²) in [6.45, 7) is 0. The van der Waals surface area contributed by atoms with E-state index in [2.05, 4.69) is 29.6 Å². The average molecular weight is 316 g/mol. The summed E-state index contributed by atoms with van der Waals surface area (Å²) in [6, 6.07) is 12.4. The molecule has 0 heterocycles. The molecule has 1 atom stereocenters. The summed E-state index contributed by atoms with van der Waals surface area (Å²) in [7, 11) is 3.16. The molecule has 2 aromatic rings. The minimum Gasteiger partial charge on any atom is -0.497 e. The quantitative estimate of drug-likeness (QED) is 0.885. The topological polar surface area (TPSA) is 38.7 Å². The van der Waals surface area contributed by atoms with E-state index in [1.54, 1.807) is 32.4 Å². The predicted molar refractivity (Wildman–Crippen MR) is 93.5 cm³/mol. The van der Waals surface area contributed by atoms with Gasteiger partial charge in [-0.3, -0.25) is 0 Å². The van der Waals surface area contributed by atoms with E-state index in [0.29, 0.717) is 16.9 Å². The van der Waals surface area contributed by atoms with Crippen molar-refractivity contribution < 1.29 is 14.6 Å². The van der Waals surface area contributed by atoms with Crippen LogP contribution in [0.15, 0.2) is 42.5 Å². The molecule has 1 unspecified atom stereocenters. The summed E-state index contributed by atoms with van der Waals surface area (Å²) >= 11 is 0. The van der Waals surface area contributed by atoms with Gasteiger partial charge in [0.2, 0.25) is 0 Å². The van der Waals surface area contributed by atoms with Crippen LogP contribution in [0.4, 0.5) is 0 Å². The van der Waals surface area contributed by atoms with E-state index >= 15 is 0 Å². The lowest BCUT2D eigenvalue weighted by Gasteiger charge is -2.09. The molecule has 2 rings (SSSR count). The molecule has 0 saturated heterocycles. The molecule has 0 aliphatic rings. The van der Waals surface area contributed by atoms with E-state index in [-0.39, 0.29) is 0 Å². The predicted octanol–water partition coefficient (Wildman–Crippen LogP) is 2.77. The zero-order valence-corrected chi connectivity index (χ0v) is 13.5. The molecule has 1 N–H and O–H groups in total. The number of benzene rings is 2. The highest BCUT2D eigenvalue weighted by atomic mass is 16.5. The fraction of sp³-hybridized carbons (Fsp3) is 0.143. The van der Waals surface area contributed by atoms with Gasteiger partial charge in [0.05, 0.1) is 14.2 Å². The Morgan fingerprint density at radius 3 is 2.25 bits per heavy atom. The smallest absolute Gasteiger partial charge is 0.142 e. The van der Waals surface area contributed by atoms with Crippen molar-refractivity contribution in [2.45, 2.75) is 6.10 Å². The fourth-order valence-electron chi connectivity index (χ4n) is 1.99. The Hall–Kier alpha value is -3.32. The summed E-state index contributed by atoms with van der Waals surface area (Å²) in [5.74, 6) is 14.8. The van der Waals surface area contributed by atoms with Gasteiger partial charge in [-0.25, -0.2) is 0 Å². The van der Waals surface area contributed by atoms with Gasteiger partial charge in [0.15, 0.2) is 0 Å². The van der Waals surface area contributed by atoms with Crippen LogP contribution in [-0.2, 0) is 0 Å². The lowest BCUT2D eigenvalue weighted by Crippen LogP contribution is -1.98. The Bertz CT molecular complexity index is 866. The molecule has 0 bridgehead atoms. The molecule has 24 heavy (non-hydrogen) atoms. The maximum absolute atomic E-state index is 10.2. The van der Waals surface area contributed by atoms with Gasteiger partial charge < -0.3 is 14.6 Å². The molecule has 0 amide bonds. The van der Waals surface area contributed by atoms with Gasteiger partial charge in [0.25, 0.3) is 0 Å². The second-order valence-corrected chi connectivity index (χ2v) is 4.75. The zero-order chi connectivity index (χ0) is 17.4. The summed E-state index contributed by atoms with van der Waals surface area (Å²) in [5, 5.41) is 10.2. The van der Waals surface area contributed by atoms with Crippen LogP contribution in [0, 0.1) is 36.0 Å². The van der Waals surface area contributed by atoms with Gasteiger partial charge in [-0.05, 0) is 54.3 Å². The molecule has 0 fully saturated rings. The van der Waals surface area contributed by atoms with E-state index in [1.807, 2.05) is 24.3 Å². The molecule has 0 aliphatic carbocycles. The van der Waals surface area contributed by atoms with Gasteiger partial charge in [0, 0.05) is 16.7 Å². The van der Waals surface area contributed by atoms with Crippen molar-refractivity contribution >= 4 is 0 Å². The first-order valence-corrected chi connectivity index (χ1v) is 7.16. The Morgan fingerprint density at radius 2 is 1.62 bits per heavy atom. The number of rotatable bonds is 3. The Balaban J connectivity index is 2.16. The van der Waals surface area contributed by atoms with Crippen LogP contribution >= 0.6 is 0 Å². The van der Waals surface area contributed by atoms with Crippen LogP contribution in [0.5, 0.6) is 11.5 Å². The molecule has 3 heteroatoms. The minimum absolute atomic E-state index is 0.524. The van der Waals surface area contributed by atoms with Crippen molar-refractivity contribution in [1.82, 2.24) is 0 Å². The van der Waals surface area contributed by atoms with Crippen molar-refractivity contribution in [2.75, 3.05) is 14.2 Å². The Labute approximate surface area is 142 Å². The van der Waals surface area contributed by atoms with Crippen molar-refractivity contribution in [2.24, 2.45) is 0 Å². The molecular weight excluding hydrogens is 300 g/mol. The van der Waals surface area contributed by atoms with Gasteiger partial charge in [-0.2, -0.15) is 0 Å². The normalized spacial score (nSPS) is 10.2. The van der Waals surface area contributed by atoms with Crippen LogP contribution in [0.3, 0.4) is 0 Å². The van der Waals surface area contributed by atoms with E-state index in [0.717, 1.165) is 11.3 Å². The molecule has 0 aromatic heterocycles. The number of aliphatic hydroxyl groups excluding tert-OH is 1. The molecule has 2 aromatic carbocycles. The zero-order valence-electron chi connectivity index (χ0n) is 13.5. The highest BCUT2D eigenvalue weighted by molar-refractivity contribution is 5.48. The maximum Gasteiger partial charge on any atom is 0.142 e. The standard InChI is InChI=1S/C21H16O3/c1-4-17-11-14-19(24-3)15-20(17)21(22)8-6-5-7-16-9-12-18(23-2)13-10-16/h1,9-15,21-22H,2-3H3. The molecule has 0 radical (unpaired) electrons. The summed E-state index contributed by atoms with van der Waals surface area (Å²) < 4.78 is 10.2. The van der Waals surface area contributed by atoms with Crippen LogP contribution < -0.4 is 9.47 Å². The van der Waals surface area contributed by atoms with Crippen molar-refractivity contribution in [3.63, 3.8) is 0 Å². The first-order valence-electron chi connectivity index (χ1n) is 7.16. The fourth-order valence-corrected chi connectivity index (χ4v) is 1.99. The van der Waals surface area contributed by atoms with Gasteiger partial charge in [-0.15, -0.1) is 6.42 Å². The first-order chi connectivity index (χ1) is 11.7. The van der Waals surface area contributed by atoms with Gasteiger partial charge in [-0.1, -0.05) is 17.8 Å². The van der Waals surface area contributed by atoms with E-state index < -0.39 is 6.10 Å². The van der Waals surface area contributed by atoms with Crippen LogP contribution in [0.25, 0.3) is 0 Å². The second-order valence-electron chi connectivity index (χ2n) is 4.75. The van der Waals surface area contributed by atoms with Crippen molar-refractivity contribution in [3.8, 4) is 47.5 Å². The molecule has 118 valence electrons. The largest absolute Gasteiger partial charge is 0.497 e. The average Bonchev–Trinajstić information content (AvgIpc) is 2.64. The first kappa shape index (κ1) is 17.0. The third-order valence-corrected chi connectivity index (χ3v) is 3.28. The monoisotopic (exact) mass is 316 g/mol. The maximum atomic E-state index is 10.2. The SMILES string of the molecule is C#Cc1ccc(OC)cc1C(O)C#CC#Cc1ccc(OC)cc1. The summed E-state index contributed by atoms with van der Waals surface area (Å²) in [4.78, 5) is 0. The second kappa shape index (κ2) is 8.35. The highest BCUT2D eigenvalue weighted by Crippen LogP contribution is 2.22. The van der Waals surface area contributed by atoms with E-state index in [9.17, 15) is 5.11 Å². The molecule has 0 aliphatic heterocycles. The molecule has 0 spiro atoms. The molecule has 0 saturated carbocycles. The van der Waals surface area contributed by atoms with E-state index in [4.69, 9.17) is 15.9 Å². The number of hydrogen-bond donors (Lipinski definition) is 1. The number of terminal acetylenes is 1. The van der Waals surface area contributed by atoms with Crippen molar-refractivity contribution in [1.29, 1.82) is 0 Å². The molecular formula is C21H16O3. The minimum atomic E-state index is -1.03. The van der Waals surface area contributed by atoms with Crippen LogP contribution in [0.2, 0.25) is 0 Å². The lowest BCUT2D eigenvalue weighted by atomic mass is 10.0. The number of methoxy groups -OCH3 is 2. The molecule has 3 nitrogen and oxygen atoms in total. The van der Waals surface area contributed by atoms with Gasteiger partial charge >= 0.3 is 0 Å². The van der Waals surface area contributed by atoms with E-state index in [1.165, 1.54) is 0 Å². The summed E-state index contributed by atoms with van der Waals surface area (Å²) in [6.07, 6.45) is 4.41. The van der Waals surface area contributed by atoms with Crippen LogP contribution in [0.1, 0.15) is 22.8 Å².